The topological polar surface area (TPSA) is 95.5 Å². The van der Waals surface area contributed by atoms with Gasteiger partial charge in [-0.1, -0.05) is 12.2 Å². The van der Waals surface area contributed by atoms with Crippen LogP contribution in [-0.4, -0.2) is 29.4 Å². The molecule has 1 aromatic rings. The van der Waals surface area contributed by atoms with Crippen molar-refractivity contribution in [3.63, 3.8) is 0 Å². The van der Waals surface area contributed by atoms with Crippen LogP contribution in [0.1, 0.15) is 23.7 Å². The lowest BCUT2D eigenvalue weighted by molar-refractivity contribution is -0.146. The fourth-order valence-electron chi connectivity index (χ4n) is 3.71. The van der Waals surface area contributed by atoms with Crippen molar-refractivity contribution in [1.29, 1.82) is 0 Å². The maximum Gasteiger partial charge on any atom is 0.307 e. The third kappa shape index (κ3) is 2.91. The Balaban J connectivity index is 1.70. The molecule has 6 nitrogen and oxygen atoms in total. The molecule has 0 aliphatic heterocycles. The molecule has 1 saturated carbocycles. The number of carboxylic acid groups (broad SMARTS) is 1. The zero-order valence-corrected chi connectivity index (χ0v) is 13.4. The SMILES string of the molecule is CCNC(=O)c1ccc(NC(=O)[C@H]2[C@H](C(=O)O)[C@H]3C=C[C@H]2C3)cc1. The van der Waals surface area contributed by atoms with Crippen LogP contribution in [-0.2, 0) is 9.59 Å². The van der Waals surface area contributed by atoms with E-state index in [1.165, 1.54) is 0 Å². The van der Waals surface area contributed by atoms with Crippen molar-refractivity contribution in [2.45, 2.75) is 13.3 Å². The second-order valence-corrected chi connectivity index (χ2v) is 6.26. The van der Waals surface area contributed by atoms with E-state index >= 15 is 0 Å². The predicted molar refractivity (Wildman–Crippen MR) is 88.4 cm³/mol. The van der Waals surface area contributed by atoms with Gasteiger partial charge in [0.25, 0.3) is 5.91 Å². The van der Waals surface area contributed by atoms with Crippen LogP contribution in [0.2, 0.25) is 0 Å². The Morgan fingerprint density at radius 2 is 1.71 bits per heavy atom. The number of benzene rings is 1. The Labute approximate surface area is 139 Å². The maximum absolute atomic E-state index is 12.6. The number of nitrogens with one attached hydrogen (secondary N) is 2. The summed E-state index contributed by atoms with van der Waals surface area (Å²) in [5.74, 6) is -2.62. The van der Waals surface area contributed by atoms with Crippen molar-refractivity contribution < 1.29 is 19.5 Å². The van der Waals surface area contributed by atoms with Crippen LogP contribution in [0.5, 0.6) is 0 Å². The van der Waals surface area contributed by atoms with Crippen LogP contribution in [0.25, 0.3) is 0 Å². The first-order chi connectivity index (χ1) is 11.5. The number of carbonyl (C=O) groups is 3. The average Bonchev–Trinajstić information content (AvgIpc) is 3.16. The van der Waals surface area contributed by atoms with E-state index in [2.05, 4.69) is 10.6 Å². The lowest BCUT2D eigenvalue weighted by atomic mass is 9.82. The molecule has 126 valence electrons. The maximum atomic E-state index is 12.6. The first kappa shape index (κ1) is 16.2. The van der Waals surface area contributed by atoms with E-state index in [4.69, 9.17) is 0 Å². The number of carboxylic acids is 1. The van der Waals surface area contributed by atoms with Crippen LogP contribution in [0.15, 0.2) is 36.4 Å². The van der Waals surface area contributed by atoms with E-state index in [1.807, 2.05) is 19.1 Å². The number of allylic oxidation sites excluding steroid dienone is 2. The molecule has 0 spiro atoms. The zero-order valence-electron chi connectivity index (χ0n) is 13.4. The van der Waals surface area contributed by atoms with E-state index in [9.17, 15) is 19.5 Å². The normalized spacial score (nSPS) is 27.0. The molecular weight excluding hydrogens is 308 g/mol. The predicted octanol–water partition coefficient (Wildman–Crippen LogP) is 1.90. The molecule has 2 amide bonds. The van der Waals surface area contributed by atoms with Crippen molar-refractivity contribution >= 4 is 23.5 Å². The van der Waals surface area contributed by atoms with E-state index in [0.717, 1.165) is 6.42 Å². The molecule has 2 aliphatic carbocycles. The Hall–Kier alpha value is -2.63. The molecule has 2 bridgehead atoms. The first-order valence-corrected chi connectivity index (χ1v) is 8.11. The lowest BCUT2D eigenvalue weighted by Gasteiger charge is -2.23. The first-order valence-electron chi connectivity index (χ1n) is 8.11. The second kappa shape index (κ2) is 6.47. The Morgan fingerprint density at radius 3 is 2.29 bits per heavy atom. The van der Waals surface area contributed by atoms with Crippen molar-refractivity contribution in [1.82, 2.24) is 5.32 Å². The van der Waals surface area contributed by atoms with Gasteiger partial charge in [-0.2, -0.15) is 0 Å². The molecule has 0 aromatic heterocycles. The van der Waals surface area contributed by atoms with Gasteiger partial charge in [0, 0.05) is 17.8 Å². The fraction of sp³-hybridized carbons (Fsp3) is 0.389. The number of carbonyl (C=O) groups excluding carboxylic acids is 2. The summed E-state index contributed by atoms with van der Waals surface area (Å²) in [7, 11) is 0. The molecule has 0 heterocycles. The minimum absolute atomic E-state index is 0.00861. The number of hydrogen-bond donors (Lipinski definition) is 3. The minimum atomic E-state index is -0.918. The summed E-state index contributed by atoms with van der Waals surface area (Å²) in [6.07, 6.45) is 4.59. The molecule has 1 fully saturated rings. The number of fused-ring (bicyclic) bond motifs is 2. The smallest absolute Gasteiger partial charge is 0.307 e. The molecular formula is C18H20N2O4. The minimum Gasteiger partial charge on any atom is -0.481 e. The summed E-state index contributed by atoms with van der Waals surface area (Å²) in [5, 5.41) is 14.9. The number of amides is 2. The van der Waals surface area contributed by atoms with Gasteiger partial charge in [-0.15, -0.1) is 0 Å². The molecule has 3 rings (SSSR count). The van der Waals surface area contributed by atoms with E-state index in [-0.39, 0.29) is 23.7 Å². The molecule has 24 heavy (non-hydrogen) atoms. The van der Waals surface area contributed by atoms with Crippen LogP contribution in [0, 0.1) is 23.7 Å². The lowest BCUT2D eigenvalue weighted by Crippen LogP contribution is -2.36. The Bertz CT molecular complexity index is 695. The van der Waals surface area contributed by atoms with Gasteiger partial charge >= 0.3 is 5.97 Å². The highest BCUT2D eigenvalue weighted by atomic mass is 16.4. The van der Waals surface area contributed by atoms with E-state index < -0.39 is 17.8 Å². The summed E-state index contributed by atoms with van der Waals surface area (Å²) < 4.78 is 0. The number of anilines is 1. The van der Waals surface area contributed by atoms with Gasteiger partial charge < -0.3 is 15.7 Å². The molecule has 0 unspecified atom stereocenters. The van der Waals surface area contributed by atoms with Crippen molar-refractivity contribution in [3.05, 3.63) is 42.0 Å². The van der Waals surface area contributed by atoms with Gasteiger partial charge in [0.05, 0.1) is 11.8 Å². The van der Waals surface area contributed by atoms with Crippen LogP contribution >= 0.6 is 0 Å². The van der Waals surface area contributed by atoms with E-state index in [1.54, 1.807) is 24.3 Å². The molecule has 6 heteroatoms. The summed E-state index contributed by atoms with van der Waals surface area (Å²) in [6.45, 7) is 2.39. The molecule has 1 aromatic carbocycles. The largest absolute Gasteiger partial charge is 0.481 e. The van der Waals surface area contributed by atoms with Crippen molar-refractivity contribution in [2.75, 3.05) is 11.9 Å². The van der Waals surface area contributed by atoms with Gasteiger partial charge in [-0.3, -0.25) is 14.4 Å². The fourth-order valence-corrected chi connectivity index (χ4v) is 3.71. The Kier molecular flexibility index (Phi) is 4.38. The van der Waals surface area contributed by atoms with Gasteiger partial charge in [-0.05, 0) is 49.4 Å². The highest BCUT2D eigenvalue weighted by Gasteiger charge is 2.51. The number of hydrogen-bond acceptors (Lipinski definition) is 3. The van der Waals surface area contributed by atoms with Crippen molar-refractivity contribution in [2.24, 2.45) is 23.7 Å². The molecule has 0 saturated heterocycles. The van der Waals surface area contributed by atoms with Crippen LogP contribution < -0.4 is 10.6 Å². The third-order valence-corrected chi connectivity index (χ3v) is 4.80. The number of aliphatic carboxylic acids is 1. The highest BCUT2D eigenvalue weighted by Crippen LogP contribution is 2.48. The summed E-state index contributed by atoms with van der Waals surface area (Å²) in [6, 6.07) is 6.58. The van der Waals surface area contributed by atoms with Crippen molar-refractivity contribution in [3.8, 4) is 0 Å². The van der Waals surface area contributed by atoms with Gasteiger partial charge in [-0.25, -0.2) is 0 Å². The highest BCUT2D eigenvalue weighted by molar-refractivity contribution is 5.98. The van der Waals surface area contributed by atoms with Gasteiger partial charge in [0.15, 0.2) is 0 Å². The quantitative estimate of drug-likeness (QED) is 0.719. The van der Waals surface area contributed by atoms with Gasteiger partial charge in [0.1, 0.15) is 0 Å². The second-order valence-electron chi connectivity index (χ2n) is 6.26. The van der Waals surface area contributed by atoms with Crippen LogP contribution in [0.4, 0.5) is 5.69 Å². The summed E-state index contributed by atoms with van der Waals surface area (Å²) >= 11 is 0. The molecule has 3 N–H and O–H groups in total. The molecule has 0 radical (unpaired) electrons. The van der Waals surface area contributed by atoms with E-state index in [0.29, 0.717) is 17.8 Å². The zero-order chi connectivity index (χ0) is 17.3. The standard InChI is InChI=1S/C18H20N2O4/c1-2-19-16(21)10-5-7-13(8-6-10)20-17(22)14-11-3-4-12(9-11)15(14)18(23)24/h3-8,11-12,14-15H,2,9H2,1H3,(H,19,21)(H,20,22)(H,23,24)/t11-,12-,14+,15+/m0/s1. The summed E-state index contributed by atoms with van der Waals surface area (Å²) in [5.41, 5.74) is 1.07. The number of rotatable bonds is 5. The van der Waals surface area contributed by atoms with Crippen LogP contribution in [0.3, 0.4) is 0 Å². The third-order valence-electron chi connectivity index (χ3n) is 4.80. The average molecular weight is 328 g/mol. The van der Waals surface area contributed by atoms with Gasteiger partial charge in [0.2, 0.25) is 5.91 Å². The monoisotopic (exact) mass is 328 g/mol. The summed E-state index contributed by atoms with van der Waals surface area (Å²) in [4.78, 5) is 35.8. The Morgan fingerprint density at radius 1 is 1.08 bits per heavy atom. The molecule has 4 atom stereocenters. The molecule has 2 aliphatic rings.